The molecule has 1 amide bonds. The first kappa shape index (κ1) is 21.3. The maximum atomic E-state index is 11.2. The number of likely N-dealkylation sites (tertiary alicyclic amines) is 1. The number of carbonyl (C=O) groups is 1. The van der Waals surface area contributed by atoms with E-state index in [1.54, 1.807) is 7.11 Å². The molecule has 0 saturated carbocycles. The number of anilines is 1. The van der Waals surface area contributed by atoms with Crippen molar-refractivity contribution in [3.05, 3.63) is 53.6 Å². The first-order valence-electron chi connectivity index (χ1n) is 11.6. The first-order valence-corrected chi connectivity index (χ1v) is 11.6. The molecule has 6 nitrogen and oxygen atoms in total. The van der Waals surface area contributed by atoms with Gasteiger partial charge < -0.3 is 19.5 Å². The molecular formula is C26H32N2O4. The minimum Gasteiger partial charge on any atom is -0.493 e. The molecular weight excluding hydrogens is 404 g/mol. The van der Waals surface area contributed by atoms with Gasteiger partial charge in [-0.05, 0) is 36.6 Å². The van der Waals surface area contributed by atoms with Crippen LogP contribution >= 0.6 is 0 Å². The molecule has 0 bridgehead atoms. The molecule has 0 aromatic heterocycles. The number of fused-ring (bicyclic) bond motifs is 4. The predicted octanol–water partition coefficient (Wildman–Crippen LogP) is 4.55. The molecule has 2 saturated heterocycles. The average molecular weight is 437 g/mol. The molecule has 1 spiro atoms. The Kier molecular flexibility index (Phi) is 5.82. The molecule has 2 aromatic rings. The second kappa shape index (κ2) is 8.75. The van der Waals surface area contributed by atoms with Crippen LogP contribution in [0.4, 0.5) is 5.69 Å². The van der Waals surface area contributed by atoms with Crippen molar-refractivity contribution in [3.8, 4) is 11.5 Å². The maximum Gasteiger partial charge on any atom is 0.221 e. The molecule has 3 heterocycles. The van der Waals surface area contributed by atoms with Crippen molar-refractivity contribution in [1.29, 1.82) is 0 Å². The number of para-hydroxylation sites is 1. The van der Waals surface area contributed by atoms with Crippen LogP contribution in [0.25, 0.3) is 0 Å². The molecule has 0 aliphatic carbocycles. The van der Waals surface area contributed by atoms with Gasteiger partial charge in [0.25, 0.3) is 0 Å². The van der Waals surface area contributed by atoms with Crippen LogP contribution in [0.1, 0.15) is 49.8 Å². The van der Waals surface area contributed by atoms with Crippen LogP contribution in [0.5, 0.6) is 11.5 Å². The van der Waals surface area contributed by atoms with E-state index in [4.69, 9.17) is 14.2 Å². The van der Waals surface area contributed by atoms with Crippen molar-refractivity contribution in [1.82, 2.24) is 4.90 Å². The lowest BCUT2D eigenvalue weighted by Crippen LogP contribution is -2.57. The fourth-order valence-electron chi connectivity index (χ4n) is 5.65. The monoisotopic (exact) mass is 436 g/mol. The van der Waals surface area contributed by atoms with E-state index in [1.165, 1.54) is 12.5 Å². The largest absolute Gasteiger partial charge is 0.493 e. The highest BCUT2D eigenvalue weighted by atomic mass is 16.5. The van der Waals surface area contributed by atoms with Crippen molar-refractivity contribution < 1.29 is 19.0 Å². The van der Waals surface area contributed by atoms with E-state index in [-0.39, 0.29) is 17.6 Å². The molecule has 6 heteroatoms. The zero-order chi connectivity index (χ0) is 22.1. The van der Waals surface area contributed by atoms with Gasteiger partial charge in [0.15, 0.2) is 11.5 Å². The number of amides is 1. The Morgan fingerprint density at radius 2 is 1.97 bits per heavy atom. The zero-order valence-corrected chi connectivity index (χ0v) is 18.9. The number of piperidine rings is 1. The normalized spacial score (nSPS) is 24.2. The lowest BCUT2D eigenvalue weighted by molar-refractivity contribution is -0.150. The minimum atomic E-state index is -0.196. The number of hydrogen-bond donors (Lipinski definition) is 1. The van der Waals surface area contributed by atoms with Crippen LogP contribution in [-0.2, 0) is 16.1 Å². The first-order chi connectivity index (χ1) is 15.6. The summed E-state index contributed by atoms with van der Waals surface area (Å²) in [6.45, 7) is 5.22. The van der Waals surface area contributed by atoms with Gasteiger partial charge in [0, 0.05) is 63.2 Å². The second-order valence-electron chi connectivity index (χ2n) is 9.24. The van der Waals surface area contributed by atoms with Crippen molar-refractivity contribution in [2.45, 2.75) is 50.9 Å². The number of ether oxygens (including phenoxy) is 3. The molecule has 2 aromatic carbocycles. The molecule has 170 valence electrons. The van der Waals surface area contributed by atoms with E-state index < -0.39 is 0 Å². The van der Waals surface area contributed by atoms with Crippen LogP contribution < -0.4 is 14.8 Å². The molecule has 32 heavy (non-hydrogen) atoms. The number of benzene rings is 2. The summed E-state index contributed by atoms with van der Waals surface area (Å²) in [6, 6.07) is 14.3. The molecule has 2 atom stereocenters. The summed E-state index contributed by atoms with van der Waals surface area (Å²) in [4.78, 5) is 13.7. The molecule has 3 aliphatic rings. The SMILES string of the molecule is COc1cccc2c1OC1(CCN(Cc3ccc(NC(C)=O)cc3)CC1)[C@H]1CCCO[C@H]21. The van der Waals surface area contributed by atoms with Crippen molar-refractivity contribution in [2.75, 3.05) is 32.1 Å². The van der Waals surface area contributed by atoms with E-state index in [0.29, 0.717) is 5.92 Å². The summed E-state index contributed by atoms with van der Waals surface area (Å²) in [6.07, 6.45) is 4.30. The summed E-state index contributed by atoms with van der Waals surface area (Å²) < 4.78 is 18.8. The van der Waals surface area contributed by atoms with E-state index >= 15 is 0 Å². The summed E-state index contributed by atoms with van der Waals surface area (Å²) in [5.74, 6) is 2.01. The number of hydrogen-bond acceptors (Lipinski definition) is 5. The van der Waals surface area contributed by atoms with Crippen molar-refractivity contribution in [3.63, 3.8) is 0 Å². The molecule has 1 N–H and O–H groups in total. The van der Waals surface area contributed by atoms with Gasteiger partial charge >= 0.3 is 0 Å². The second-order valence-corrected chi connectivity index (χ2v) is 9.24. The third-order valence-electron chi connectivity index (χ3n) is 7.22. The Morgan fingerprint density at radius 3 is 2.69 bits per heavy atom. The Morgan fingerprint density at radius 1 is 1.19 bits per heavy atom. The zero-order valence-electron chi connectivity index (χ0n) is 18.9. The van der Waals surface area contributed by atoms with Gasteiger partial charge in [0.05, 0.1) is 13.2 Å². The Labute approximate surface area is 189 Å². The predicted molar refractivity (Wildman–Crippen MR) is 123 cm³/mol. The van der Waals surface area contributed by atoms with Crippen molar-refractivity contribution >= 4 is 11.6 Å². The highest BCUT2D eigenvalue weighted by molar-refractivity contribution is 5.88. The van der Waals surface area contributed by atoms with Gasteiger partial charge in [0.1, 0.15) is 5.60 Å². The number of nitrogens with one attached hydrogen (secondary N) is 1. The van der Waals surface area contributed by atoms with Crippen LogP contribution in [0, 0.1) is 5.92 Å². The highest BCUT2D eigenvalue weighted by Crippen LogP contribution is 2.55. The van der Waals surface area contributed by atoms with Gasteiger partial charge in [-0.3, -0.25) is 9.69 Å². The number of carbonyl (C=O) groups excluding carboxylic acids is 1. The van der Waals surface area contributed by atoms with E-state index in [9.17, 15) is 4.79 Å². The Hall–Kier alpha value is -2.57. The minimum absolute atomic E-state index is 0.0465. The van der Waals surface area contributed by atoms with Gasteiger partial charge in [-0.1, -0.05) is 24.3 Å². The molecule has 0 radical (unpaired) electrons. The standard InChI is InChI=1S/C26H32N2O4/c1-18(29)27-20-10-8-19(9-11-20)17-28-14-12-26(13-15-28)22-6-4-16-31-24(22)21-5-3-7-23(30-2)25(21)32-26/h3,5,7-11,22,24H,4,6,12-17H2,1-2H3,(H,27,29)/t22-,24+/m0/s1. The van der Waals surface area contributed by atoms with Gasteiger partial charge in [-0.2, -0.15) is 0 Å². The lowest BCUT2D eigenvalue weighted by Gasteiger charge is -2.53. The molecule has 0 unspecified atom stereocenters. The third-order valence-corrected chi connectivity index (χ3v) is 7.22. The van der Waals surface area contributed by atoms with E-state index in [2.05, 4.69) is 28.4 Å². The van der Waals surface area contributed by atoms with Crippen LogP contribution in [0.3, 0.4) is 0 Å². The quantitative estimate of drug-likeness (QED) is 0.762. The number of methoxy groups -OCH3 is 1. The summed E-state index contributed by atoms with van der Waals surface area (Å²) in [7, 11) is 1.71. The van der Waals surface area contributed by atoms with Crippen molar-refractivity contribution in [2.24, 2.45) is 5.92 Å². The molecule has 3 aliphatic heterocycles. The fraction of sp³-hybridized carbons (Fsp3) is 0.500. The van der Waals surface area contributed by atoms with Crippen LogP contribution in [0.2, 0.25) is 0 Å². The van der Waals surface area contributed by atoms with Crippen LogP contribution in [0.15, 0.2) is 42.5 Å². The fourth-order valence-corrected chi connectivity index (χ4v) is 5.65. The number of rotatable bonds is 4. The lowest BCUT2D eigenvalue weighted by atomic mass is 9.70. The summed E-state index contributed by atoms with van der Waals surface area (Å²) in [5, 5.41) is 2.83. The van der Waals surface area contributed by atoms with Crippen LogP contribution in [-0.4, -0.2) is 43.2 Å². The highest BCUT2D eigenvalue weighted by Gasteiger charge is 2.53. The topological polar surface area (TPSA) is 60.0 Å². The Bertz CT molecular complexity index is 966. The molecule has 2 fully saturated rings. The summed E-state index contributed by atoms with van der Waals surface area (Å²) in [5.41, 5.74) is 3.04. The summed E-state index contributed by atoms with van der Waals surface area (Å²) >= 11 is 0. The molecule has 5 rings (SSSR count). The number of nitrogens with zero attached hydrogens (tertiary/aromatic N) is 1. The van der Waals surface area contributed by atoms with Gasteiger partial charge in [-0.25, -0.2) is 0 Å². The average Bonchev–Trinajstić information content (AvgIpc) is 2.81. The third kappa shape index (κ3) is 3.97. The maximum absolute atomic E-state index is 11.2. The Balaban J connectivity index is 1.31. The van der Waals surface area contributed by atoms with E-state index in [0.717, 1.165) is 74.7 Å². The smallest absolute Gasteiger partial charge is 0.221 e. The van der Waals surface area contributed by atoms with Gasteiger partial charge in [-0.15, -0.1) is 0 Å². The van der Waals surface area contributed by atoms with Gasteiger partial charge in [0.2, 0.25) is 5.91 Å². The van der Waals surface area contributed by atoms with E-state index in [1.807, 2.05) is 24.3 Å².